The summed E-state index contributed by atoms with van der Waals surface area (Å²) in [6, 6.07) is 0. The maximum absolute atomic E-state index is 12.4. The molecule has 0 amide bonds. The van der Waals surface area contributed by atoms with E-state index in [2.05, 4.69) is 13.8 Å². The van der Waals surface area contributed by atoms with Gasteiger partial charge in [0.15, 0.2) is 0 Å². The molecule has 1 N–H and O–H groups in total. The summed E-state index contributed by atoms with van der Waals surface area (Å²) in [6.45, 7) is 4.68. The molecule has 0 aromatic heterocycles. The Bertz CT molecular complexity index is 492. The second-order valence-corrected chi connectivity index (χ2v) is 9.66. The maximum Gasteiger partial charge on any atom is 0.139 e. The molecule has 0 heterocycles. The van der Waals surface area contributed by atoms with Crippen molar-refractivity contribution in [1.29, 1.82) is 0 Å². The van der Waals surface area contributed by atoms with E-state index >= 15 is 0 Å². The highest BCUT2D eigenvalue weighted by atomic mass is 35.5. The molecule has 4 rings (SSSR count). The number of ketones is 1. The van der Waals surface area contributed by atoms with Crippen LogP contribution in [0.4, 0.5) is 0 Å². The van der Waals surface area contributed by atoms with Crippen molar-refractivity contribution in [2.75, 3.05) is 0 Å². The summed E-state index contributed by atoms with van der Waals surface area (Å²) in [7, 11) is 0. The molecular formula is C19H29ClO2. The lowest BCUT2D eigenvalue weighted by atomic mass is 9.45. The number of rotatable bonds is 0. The minimum atomic E-state index is -0.321. The van der Waals surface area contributed by atoms with Crippen LogP contribution >= 0.6 is 11.6 Å². The van der Waals surface area contributed by atoms with Crippen LogP contribution < -0.4 is 0 Å². The van der Waals surface area contributed by atoms with Crippen molar-refractivity contribution >= 4 is 17.4 Å². The maximum atomic E-state index is 12.4. The Balaban J connectivity index is 1.65. The number of halogens is 1. The van der Waals surface area contributed by atoms with Crippen LogP contribution in [0.3, 0.4) is 0 Å². The van der Waals surface area contributed by atoms with Crippen molar-refractivity contribution in [3.63, 3.8) is 0 Å². The van der Waals surface area contributed by atoms with Crippen molar-refractivity contribution in [1.82, 2.24) is 0 Å². The van der Waals surface area contributed by atoms with Crippen LogP contribution in [0.5, 0.6) is 0 Å². The SMILES string of the molecule is C[C@]12C[C@H](Cl)[C@@H](O)C[C@@H]1CC[C@@H]1[C@@H]2CC[C@]2(C)C(=O)CC[C@@H]12. The Morgan fingerprint density at radius 2 is 1.91 bits per heavy atom. The fourth-order valence-electron chi connectivity index (χ4n) is 7.01. The summed E-state index contributed by atoms with van der Waals surface area (Å²) in [6.07, 6.45) is 8.19. The zero-order valence-corrected chi connectivity index (χ0v) is 14.6. The largest absolute Gasteiger partial charge is 0.392 e. The molecule has 4 aliphatic carbocycles. The van der Waals surface area contributed by atoms with Crippen LogP contribution in [-0.4, -0.2) is 22.4 Å². The zero-order valence-electron chi connectivity index (χ0n) is 13.9. The van der Waals surface area contributed by atoms with Crippen LogP contribution in [-0.2, 0) is 4.79 Å². The molecule has 3 heteroatoms. The monoisotopic (exact) mass is 324 g/mol. The first-order valence-electron chi connectivity index (χ1n) is 9.21. The highest BCUT2D eigenvalue weighted by Gasteiger charge is 2.60. The molecule has 0 aromatic carbocycles. The van der Waals surface area contributed by atoms with Gasteiger partial charge in [-0.3, -0.25) is 4.79 Å². The molecule has 0 unspecified atom stereocenters. The number of hydrogen-bond donors (Lipinski definition) is 1. The first kappa shape index (κ1) is 15.4. The smallest absolute Gasteiger partial charge is 0.139 e. The lowest BCUT2D eigenvalue weighted by Gasteiger charge is -2.60. The van der Waals surface area contributed by atoms with E-state index in [4.69, 9.17) is 11.6 Å². The highest BCUT2D eigenvalue weighted by Crippen LogP contribution is 2.65. The molecule has 124 valence electrons. The van der Waals surface area contributed by atoms with Crippen LogP contribution in [0.2, 0.25) is 0 Å². The standard InChI is InChI=1S/C19H29ClO2/c1-18-8-7-14-12(13(18)5-6-17(18)22)4-3-11-9-16(21)15(20)10-19(11,14)2/h11-16,21H,3-10H2,1-2H3/t11-,12-,13-,14-,15-,16-,18-,19-/m0/s1. The molecule has 0 aromatic rings. The van der Waals surface area contributed by atoms with Gasteiger partial charge in [0.2, 0.25) is 0 Å². The quantitative estimate of drug-likeness (QED) is 0.679. The topological polar surface area (TPSA) is 37.3 Å². The summed E-state index contributed by atoms with van der Waals surface area (Å²) in [5.41, 5.74) is 0.250. The molecule has 0 radical (unpaired) electrons. The van der Waals surface area contributed by atoms with Crippen molar-refractivity contribution in [3.8, 4) is 0 Å². The van der Waals surface area contributed by atoms with E-state index < -0.39 is 0 Å². The Kier molecular flexibility index (Phi) is 3.48. The number of carbonyl (C=O) groups is 1. The molecule has 4 fully saturated rings. The van der Waals surface area contributed by atoms with Crippen molar-refractivity contribution in [2.45, 2.75) is 76.7 Å². The van der Waals surface area contributed by atoms with Crippen LogP contribution in [0, 0.1) is 34.5 Å². The molecular weight excluding hydrogens is 296 g/mol. The van der Waals surface area contributed by atoms with Crippen molar-refractivity contribution in [2.24, 2.45) is 34.5 Å². The summed E-state index contributed by atoms with van der Waals surface area (Å²) in [4.78, 5) is 12.4. The Labute approximate surface area is 139 Å². The summed E-state index contributed by atoms with van der Waals surface area (Å²) in [5.74, 6) is 3.18. The van der Waals surface area contributed by atoms with E-state index in [-0.39, 0.29) is 22.3 Å². The van der Waals surface area contributed by atoms with Gasteiger partial charge in [-0.15, -0.1) is 11.6 Å². The number of aliphatic hydroxyl groups is 1. The third-order valence-electron chi connectivity index (χ3n) is 8.35. The normalized spacial score (nSPS) is 57.9. The third kappa shape index (κ3) is 1.92. The molecule has 8 atom stereocenters. The molecule has 0 bridgehead atoms. The first-order chi connectivity index (χ1) is 10.4. The fourth-order valence-corrected chi connectivity index (χ4v) is 7.44. The van der Waals surface area contributed by atoms with Crippen LogP contribution in [0.25, 0.3) is 0 Å². The average Bonchev–Trinajstić information content (AvgIpc) is 2.77. The van der Waals surface area contributed by atoms with E-state index in [1.165, 1.54) is 19.3 Å². The van der Waals surface area contributed by atoms with Gasteiger partial charge in [0.05, 0.1) is 11.5 Å². The van der Waals surface area contributed by atoms with Gasteiger partial charge in [-0.2, -0.15) is 0 Å². The van der Waals surface area contributed by atoms with Crippen LogP contribution in [0.15, 0.2) is 0 Å². The average molecular weight is 325 g/mol. The van der Waals surface area contributed by atoms with Gasteiger partial charge in [0, 0.05) is 11.8 Å². The Hall–Kier alpha value is -0.0800. The van der Waals surface area contributed by atoms with Crippen molar-refractivity contribution in [3.05, 3.63) is 0 Å². The van der Waals surface area contributed by atoms with Gasteiger partial charge in [0.25, 0.3) is 0 Å². The van der Waals surface area contributed by atoms with Gasteiger partial charge in [-0.05, 0) is 74.0 Å². The Morgan fingerprint density at radius 3 is 2.68 bits per heavy atom. The number of hydrogen-bond acceptors (Lipinski definition) is 2. The van der Waals surface area contributed by atoms with E-state index in [9.17, 15) is 9.90 Å². The predicted octanol–water partition coefficient (Wildman–Crippen LogP) is 4.18. The fraction of sp³-hybridized carbons (Fsp3) is 0.947. The predicted molar refractivity (Wildman–Crippen MR) is 87.8 cm³/mol. The summed E-state index contributed by atoms with van der Waals surface area (Å²) < 4.78 is 0. The number of alkyl halides is 1. The molecule has 0 aliphatic heterocycles. The second kappa shape index (κ2) is 4.96. The zero-order chi connectivity index (χ0) is 15.7. The molecule has 2 nitrogen and oxygen atoms in total. The number of aliphatic hydroxyl groups excluding tert-OH is 1. The number of fused-ring (bicyclic) bond motifs is 5. The minimum Gasteiger partial charge on any atom is -0.392 e. The van der Waals surface area contributed by atoms with Gasteiger partial charge in [-0.1, -0.05) is 13.8 Å². The molecule has 4 saturated carbocycles. The van der Waals surface area contributed by atoms with Gasteiger partial charge in [-0.25, -0.2) is 0 Å². The summed E-state index contributed by atoms with van der Waals surface area (Å²) in [5, 5.41) is 10.1. The van der Waals surface area contributed by atoms with Gasteiger partial charge in [0.1, 0.15) is 5.78 Å². The van der Waals surface area contributed by atoms with Crippen LogP contribution in [0.1, 0.15) is 65.2 Å². The number of Topliss-reactive ketones (excluding diaryl/α,β-unsaturated/α-hetero) is 1. The second-order valence-electron chi connectivity index (χ2n) is 9.10. The third-order valence-corrected chi connectivity index (χ3v) is 8.80. The van der Waals surface area contributed by atoms with E-state index in [0.717, 1.165) is 32.1 Å². The molecule has 22 heavy (non-hydrogen) atoms. The lowest BCUT2D eigenvalue weighted by molar-refractivity contribution is -0.141. The van der Waals surface area contributed by atoms with Gasteiger partial charge < -0.3 is 5.11 Å². The van der Waals surface area contributed by atoms with E-state index in [0.29, 0.717) is 29.5 Å². The van der Waals surface area contributed by atoms with Gasteiger partial charge >= 0.3 is 0 Å². The molecule has 0 saturated heterocycles. The van der Waals surface area contributed by atoms with E-state index in [1.807, 2.05) is 0 Å². The first-order valence-corrected chi connectivity index (χ1v) is 9.65. The lowest BCUT2D eigenvalue weighted by Crippen LogP contribution is -2.56. The summed E-state index contributed by atoms with van der Waals surface area (Å²) >= 11 is 6.47. The highest BCUT2D eigenvalue weighted by molar-refractivity contribution is 6.21. The minimum absolute atomic E-state index is 0.0289. The molecule has 0 spiro atoms. The van der Waals surface area contributed by atoms with Crippen molar-refractivity contribution < 1.29 is 9.90 Å². The Morgan fingerprint density at radius 1 is 1.14 bits per heavy atom. The van der Waals surface area contributed by atoms with E-state index in [1.54, 1.807) is 0 Å². The number of carbonyl (C=O) groups excluding carboxylic acids is 1. The molecule has 4 aliphatic rings.